The first kappa shape index (κ1) is 30.9. The molecule has 0 saturated carbocycles. The number of fused-ring (bicyclic) bond motifs is 2. The Bertz CT molecular complexity index is 2260. The molecule has 0 aromatic heterocycles. The van der Waals surface area contributed by atoms with E-state index in [1.807, 2.05) is 0 Å². The fourth-order valence-electron chi connectivity index (χ4n) is 7.74. The number of anilines is 3. The molecule has 0 aliphatic heterocycles. The summed E-state index contributed by atoms with van der Waals surface area (Å²) in [7, 11) is 0. The van der Waals surface area contributed by atoms with Gasteiger partial charge in [0.2, 0.25) is 0 Å². The van der Waals surface area contributed by atoms with Crippen LogP contribution in [-0.4, -0.2) is 0 Å². The Morgan fingerprint density at radius 3 is 1.59 bits per heavy atom. The van der Waals surface area contributed by atoms with E-state index in [1.54, 1.807) is 0 Å². The van der Waals surface area contributed by atoms with Crippen molar-refractivity contribution < 1.29 is 0 Å². The van der Waals surface area contributed by atoms with Gasteiger partial charge in [-0.3, -0.25) is 0 Å². The van der Waals surface area contributed by atoms with Crippen LogP contribution >= 0.6 is 0 Å². The number of nitrogens with zero attached hydrogens (tertiary/aromatic N) is 1. The van der Waals surface area contributed by atoms with E-state index in [0.717, 1.165) is 17.1 Å². The van der Waals surface area contributed by atoms with Gasteiger partial charge in [-0.05, 0) is 127 Å². The lowest BCUT2D eigenvalue weighted by Crippen LogP contribution is -2.33. The van der Waals surface area contributed by atoms with Crippen molar-refractivity contribution in [1.82, 2.24) is 0 Å². The van der Waals surface area contributed by atoms with Crippen LogP contribution in [0.4, 0.5) is 17.1 Å². The monoisotopic (exact) mass is 633 g/mol. The van der Waals surface area contributed by atoms with Crippen molar-refractivity contribution >= 4 is 27.8 Å². The third-order valence-corrected chi connectivity index (χ3v) is 10.7. The van der Waals surface area contributed by atoms with Gasteiger partial charge in [-0.25, -0.2) is 0 Å². The first-order valence-corrected chi connectivity index (χ1v) is 17.6. The zero-order valence-corrected chi connectivity index (χ0v) is 28.9. The predicted molar refractivity (Wildman–Crippen MR) is 210 cm³/mol. The summed E-state index contributed by atoms with van der Waals surface area (Å²) in [6, 6.07) is 59.9. The number of hydrogen-bond donors (Lipinski definition) is 0. The minimum atomic E-state index is 0.160. The van der Waals surface area contributed by atoms with Gasteiger partial charge in [0.1, 0.15) is 0 Å². The molecule has 0 unspecified atom stereocenters. The lowest BCUT2D eigenvalue weighted by Gasteiger charge is -2.42. The molecular weight excluding hydrogens is 591 g/mol. The molecule has 1 aliphatic carbocycles. The molecule has 0 atom stereocenters. The Balaban J connectivity index is 1.20. The molecule has 7 aromatic carbocycles. The Labute approximate surface area is 291 Å². The molecule has 0 bridgehead atoms. The zero-order chi connectivity index (χ0) is 33.6. The van der Waals surface area contributed by atoms with Crippen LogP contribution in [0.15, 0.2) is 164 Å². The highest BCUT2D eigenvalue weighted by Gasteiger charge is 2.37. The molecule has 8 rings (SSSR count). The van der Waals surface area contributed by atoms with E-state index in [2.05, 4.69) is 196 Å². The summed E-state index contributed by atoms with van der Waals surface area (Å²) >= 11 is 0. The molecule has 240 valence electrons. The molecule has 0 radical (unpaired) electrons. The van der Waals surface area contributed by atoms with Crippen molar-refractivity contribution in [2.24, 2.45) is 0 Å². The van der Waals surface area contributed by atoms with Crippen LogP contribution in [0.1, 0.15) is 51.7 Å². The average Bonchev–Trinajstić information content (AvgIpc) is 3.14. The predicted octanol–water partition coefficient (Wildman–Crippen LogP) is 13.7. The van der Waals surface area contributed by atoms with Crippen LogP contribution in [0, 0.1) is 0 Å². The lowest BCUT2D eigenvalue weighted by atomic mass is 9.62. The quantitative estimate of drug-likeness (QED) is 0.176. The molecule has 1 aliphatic rings. The van der Waals surface area contributed by atoms with Crippen molar-refractivity contribution in [2.75, 3.05) is 4.90 Å². The average molecular weight is 634 g/mol. The molecule has 1 heteroatoms. The summed E-state index contributed by atoms with van der Waals surface area (Å²) in [5.41, 5.74) is 14.1. The van der Waals surface area contributed by atoms with Crippen molar-refractivity contribution in [2.45, 2.75) is 51.4 Å². The fraction of sp³-hybridized carbons (Fsp3) is 0.167. The molecule has 1 nitrogen and oxygen atoms in total. The zero-order valence-electron chi connectivity index (χ0n) is 28.9. The van der Waals surface area contributed by atoms with Crippen LogP contribution in [0.5, 0.6) is 0 Å². The van der Waals surface area contributed by atoms with Crippen LogP contribution in [0.2, 0.25) is 0 Å². The molecule has 0 N–H and O–H groups in total. The van der Waals surface area contributed by atoms with Gasteiger partial charge in [-0.1, -0.05) is 143 Å². The highest BCUT2D eigenvalue weighted by Crippen LogP contribution is 2.48. The van der Waals surface area contributed by atoms with Crippen molar-refractivity contribution in [1.29, 1.82) is 0 Å². The third kappa shape index (κ3) is 5.85. The van der Waals surface area contributed by atoms with E-state index < -0.39 is 0 Å². The van der Waals surface area contributed by atoms with E-state index in [4.69, 9.17) is 0 Å². The van der Waals surface area contributed by atoms with Gasteiger partial charge in [0.25, 0.3) is 0 Å². The number of rotatable bonds is 6. The Hall–Kier alpha value is -5.40. The van der Waals surface area contributed by atoms with E-state index in [0.29, 0.717) is 0 Å². The summed E-state index contributed by atoms with van der Waals surface area (Å²) in [5.74, 6) is 0. The van der Waals surface area contributed by atoms with Crippen LogP contribution in [-0.2, 0) is 10.8 Å². The summed E-state index contributed by atoms with van der Waals surface area (Å²) in [4.78, 5) is 2.37. The molecule has 0 heterocycles. The molecule has 49 heavy (non-hydrogen) atoms. The molecule has 0 saturated heterocycles. The van der Waals surface area contributed by atoms with Crippen molar-refractivity contribution in [3.05, 3.63) is 175 Å². The second kappa shape index (κ2) is 12.2. The SMILES string of the molecule is CC1(C)CCC(C)(C)c2cc3c(-c4cccc(N(c5ccccc5)c5ccc(-c6cccc(-c7ccccc7)c6)cc5)c4)cccc3cc21. The van der Waals surface area contributed by atoms with E-state index in [1.165, 1.54) is 68.1 Å². The van der Waals surface area contributed by atoms with Gasteiger partial charge in [-0.2, -0.15) is 0 Å². The highest BCUT2D eigenvalue weighted by atomic mass is 15.1. The Morgan fingerprint density at radius 1 is 0.388 bits per heavy atom. The molecular formula is C48H43N. The molecule has 0 fully saturated rings. The van der Waals surface area contributed by atoms with Gasteiger partial charge in [0, 0.05) is 17.1 Å². The topological polar surface area (TPSA) is 3.24 Å². The first-order chi connectivity index (χ1) is 23.8. The minimum Gasteiger partial charge on any atom is -0.310 e. The third-order valence-electron chi connectivity index (χ3n) is 10.7. The molecule has 7 aromatic rings. The number of hydrogen-bond acceptors (Lipinski definition) is 1. The fourth-order valence-corrected chi connectivity index (χ4v) is 7.74. The summed E-state index contributed by atoms with van der Waals surface area (Å²) in [5, 5.41) is 2.65. The van der Waals surface area contributed by atoms with Gasteiger partial charge < -0.3 is 4.90 Å². The highest BCUT2D eigenvalue weighted by molar-refractivity contribution is 5.98. The van der Waals surface area contributed by atoms with Crippen LogP contribution in [0.3, 0.4) is 0 Å². The Morgan fingerprint density at radius 2 is 0.898 bits per heavy atom. The van der Waals surface area contributed by atoms with E-state index in [9.17, 15) is 0 Å². The maximum atomic E-state index is 2.51. The maximum Gasteiger partial charge on any atom is 0.0467 e. The van der Waals surface area contributed by atoms with Crippen molar-refractivity contribution in [3.63, 3.8) is 0 Å². The van der Waals surface area contributed by atoms with Gasteiger partial charge in [0.15, 0.2) is 0 Å². The summed E-state index contributed by atoms with van der Waals surface area (Å²) in [6.07, 6.45) is 2.43. The second-order valence-electron chi connectivity index (χ2n) is 14.9. The molecule has 0 amide bonds. The molecule has 0 spiro atoms. The lowest BCUT2D eigenvalue weighted by molar-refractivity contribution is 0.332. The normalized spacial score (nSPS) is 14.7. The van der Waals surface area contributed by atoms with Gasteiger partial charge >= 0.3 is 0 Å². The maximum absolute atomic E-state index is 2.51. The van der Waals surface area contributed by atoms with E-state index in [-0.39, 0.29) is 10.8 Å². The second-order valence-corrected chi connectivity index (χ2v) is 14.9. The smallest absolute Gasteiger partial charge is 0.0467 e. The summed E-state index contributed by atoms with van der Waals surface area (Å²) in [6.45, 7) is 9.65. The van der Waals surface area contributed by atoms with Crippen LogP contribution < -0.4 is 4.90 Å². The minimum absolute atomic E-state index is 0.160. The Kier molecular flexibility index (Phi) is 7.72. The first-order valence-electron chi connectivity index (χ1n) is 17.6. The summed E-state index contributed by atoms with van der Waals surface area (Å²) < 4.78 is 0. The van der Waals surface area contributed by atoms with Gasteiger partial charge in [-0.15, -0.1) is 0 Å². The largest absolute Gasteiger partial charge is 0.310 e. The van der Waals surface area contributed by atoms with Gasteiger partial charge in [0.05, 0.1) is 0 Å². The van der Waals surface area contributed by atoms with Crippen LogP contribution in [0.25, 0.3) is 44.2 Å². The number of para-hydroxylation sites is 1. The standard InChI is InChI=1S/C48H43N/c1-47(2)28-29-48(3,4)46-33-44-39(32-45(46)47)19-13-23-43(44)38-18-12-22-42(31-38)49(40-20-9-6-10-21-40)41-26-24-35(25-27-41)37-17-11-16-36(30-37)34-14-7-5-8-15-34/h5-27,30-33H,28-29H2,1-4H3. The number of benzene rings is 7. The van der Waals surface area contributed by atoms with Crippen molar-refractivity contribution in [3.8, 4) is 33.4 Å². The van der Waals surface area contributed by atoms with E-state index >= 15 is 0 Å².